The molecule has 2 saturated heterocycles. The third-order valence-corrected chi connectivity index (χ3v) is 5.89. The molecule has 3 heterocycles. The van der Waals surface area contributed by atoms with Crippen LogP contribution < -0.4 is 5.32 Å². The van der Waals surface area contributed by atoms with Gasteiger partial charge in [0.25, 0.3) is 5.91 Å². The highest BCUT2D eigenvalue weighted by Crippen LogP contribution is 2.24. The first-order valence-electron chi connectivity index (χ1n) is 9.60. The summed E-state index contributed by atoms with van der Waals surface area (Å²) in [6.45, 7) is 7.47. The summed E-state index contributed by atoms with van der Waals surface area (Å²) in [6.07, 6.45) is 1.59. The minimum atomic E-state index is -0.351. The molecule has 0 radical (unpaired) electrons. The number of hydrogen-bond acceptors (Lipinski definition) is 5. The summed E-state index contributed by atoms with van der Waals surface area (Å²) < 4.78 is 0. The average Bonchev–Trinajstić information content (AvgIpc) is 3.32. The Kier molecular flexibility index (Phi) is 6.49. The van der Waals surface area contributed by atoms with E-state index in [9.17, 15) is 14.4 Å². The Morgan fingerprint density at radius 3 is 2.56 bits per heavy atom. The number of carbonyl (C=O) groups is 3. The molecule has 0 bridgehead atoms. The summed E-state index contributed by atoms with van der Waals surface area (Å²) in [7, 11) is 0. The van der Waals surface area contributed by atoms with Crippen molar-refractivity contribution < 1.29 is 14.4 Å². The Hall–Kier alpha value is -1.93. The van der Waals surface area contributed by atoms with Gasteiger partial charge in [0.1, 0.15) is 6.04 Å². The van der Waals surface area contributed by atoms with Crippen LogP contribution in [0, 0.1) is 0 Å². The molecule has 1 N–H and O–H groups in total. The standard InChI is InChI=1S/C19H28N4O3S/c1-14(2)20-17(24)13-21-8-10-22(11-9-21)18(25)15-5-3-7-23(15)19(26)16-6-4-12-27-16/h4,6,12,14-15H,3,5,7-11,13H2,1-2H3,(H,20,24). The molecule has 0 aromatic carbocycles. The molecule has 1 aromatic rings. The topological polar surface area (TPSA) is 73.0 Å². The Morgan fingerprint density at radius 2 is 1.93 bits per heavy atom. The van der Waals surface area contributed by atoms with Crippen molar-refractivity contribution in [3.05, 3.63) is 22.4 Å². The summed E-state index contributed by atoms with van der Waals surface area (Å²) in [5.41, 5.74) is 0. The van der Waals surface area contributed by atoms with Crippen LogP contribution in [0.5, 0.6) is 0 Å². The van der Waals surface area contributed by atoms with Gasteiger partial charge >= 0.3 is 0 Å². The van der Waals surface area contributed by atoms with Gasteiger partial charge in [0.15, 0.2) is 0 Å². The summed E-state index contributed by atoms with van der Waals surface area (Å²) >= 11 is 1.42. The van der Waals surface area contributed by atoms with Crippen LogP contribution in [0.2, 0.25) is 0 Å². The predicted octanol–water partition coefficient (Wildman–Crippen LogP) is 1.02. The van der Waals surface area contributed by atoms with E-state index in [0.717, 1.165) is 12.8 Å². The van der Waals surface area contributed by atoms with Gasteiger partial charge in [-0.1, -0.05) is 6.07 Å². The number of likely N-dealkylation sites (tertiary alicyclic amines) is 1. The van der Waals surface area contributed by atoms with Crippen molar-refractivity contribution in [2.75, 3.05) is 39.3 Å². The predicted molar refractivity (Wildman–Crippen MR) is 105 cm³/mol. The van der Waals surface area contributed by atoms with Gasteiger partial charge in [0.2, 0.25) is 11.8 Å². The molecule has 148 valence electrons. The smallest absolute Gasteiger partial charge is 0.264 e. The van der Waals surface area contributed by atoms with Crippen molar-refractivity contribution in [3.8, 4) is 0 Å². The number of nitrogens with zero attached hydrogens (tertiary/aromatic N) is 3. The van der Waals surface area contributed by atoms with E-state index in [2.05, 4.69) is 10.2 Å². The summed E-state index contributed by atoms with van der Waals surface area (Å²) in [4.78, 5) is 43.9. The van der Waals surface area contributed by atoms with Crippen LogP contribution in [0.1, 0.15) is 36.4 Å². The van der Waals surface area contributed by atoms with E-state index in [1.54, 1.807) is 4.90 Å². The SMILES string of the molecule is CC(C)NC(=O)CN1CCN(C(=O)C2CCCN2C(=O)c2cccs2)CC1. The van der Waals surface area contributed by atoms with Crippen molar-refractivity contribution in [2.45, 2.75) is 38.8 Å². The molecule has 0 aliphatic carbocycles. The van der Waals surface area contributed by atoms with E-state index in [0.29, 0.717) is 44.1 Å². The maximum atomic E-state index is 13.0. The third kappa shape index (κ3) is 4.87. The van der Waals surface area contributed by atoms with Gasteiger partial charge in [-0.05, 0) is 38.1 Å². The number of piperazine rings is 1. The monoisotopic (exact) mass is 392 g/mol. The van der Waals surface area contributed by atoms with Crippen molar-refractivity contribution in [1.29, 1.82) is 0 Å². The van der Waals surface area contributed by atoms with Crippen LogP contribution in [0.4, 0.5) is 0 Å². The highest BCUT2D eigenvalue weighted by atomic mass is 32.1. The second-order valence-corrected chi connectivity index (χ2v) is 8.41. The first kappa shape index (κ1) is 19.8. The van der Waals surface area contributed by atoms with Crippen LogP contribution in [0.15, 0.2) is 17.5 Å². The van der Waals surface area contributed by atoms with Gasteiger partial charge in [-0.2, -0.15) is 0 Å². The molecule has 8 heteroatoms. The van der Waals surface area contributed by atoms with Gasteiger partial charge in [-0.15, -0.1) is 11.3 Å². The fraction of sp³-hybridized carbons (Fsp3) is 0.632. The highest BCUT2D eigenvalue weighted by molar-refractivity contribution is 7.12. The molecule has 2 fully saturated rings. The van der Waals surface area contributed by atoms with Gasteiger partial charge in [-0.25, -0.2) is 0 Å². The minimum absolute atomic E-state index is 0.0216. The second kappa shape index (κ2) is 8.84. The lowest BCUT2D eigenvalue weighted by atomic mass is 10.1. The molecular weight excluding hydrogens is 364 g/mol. The van der Waals surface area contributed by atoms with E-state index in [-0.39, 0.29) is 29.8 Å². The zero-order valence-electron chi connectivity index (χ0n) is 16.0. The van der Waals surface area contributed by atoms with Crippen molar-refractivity contribution >= 4 is 29.1 Å². The van der Waals surface area contributed by atoms with Crippen molar-refractivity contribution in [3.63, 3.8) is 0 Å². The van der Waals surface area contributed by atoms with Crippen molar-refractivity contribution in [1.82, 2.24) is 20.0 Å². The lowest BCUT2D eigenvalue weighted by Gasteiger charge is -2.37. The van der Waals surface area contributed by atoms with Crippen LogP contribution >= 0.6 is 11.3 Å². The number of hydrogen-bond donors (Lipinski definition) is 1. The number of carbonyl (C=O) groups excluding carboxylic acids is 3. The Bertz CT molecular complexity index is 669. The summed E-state index contributed by atoms with van der Waals surface area (Å²) in [6, 6.07) is 3.46. The first-order valence-corrected chi connectivity index (χ1v) is 10.5. The van der Waals surface area contributed by atoms with Crippen LogP contribution in [0.3, 0.4) is 0 Å². The maximum Gasteiger partial charge on any atom is 0.264 e. The Morgan fingerprint density at radius 1 is 1.19 bits per heavy atom. The fourth-order valence-electron chi connectivity index (χ4n) is 3.72. The van der Waals surface area contributed by atoms with Crippen LogP contribution in [-0.4, -0.2) is 83.8 Å². The quantitative estimate of drug-likeness (QED) is 0.812. The third-order valence-electron chi connectivity index (χ3n) is 5.03. The number of rotatable bonds is 5. The lowest BCUT2D eigenvalue weighted by Crippen LogP contribution is -2.55. The zero-order chi connectivity index (χ0) is 19.4. The molecule has 1 unspecified atom stereocenters. The lowest BCUT2D eigenvalue weighted by molar-refractivity contribution is -0.137. The normalized spacial score (nSPS) is 20.9. The fourth-order valence-corrected chi connectivity index (χ4v) is 4.40. The summed E-state index contributed by atoms with van der Waals surface area (Å²) in [5.74, 6) is 0.0295. The number of nitrogens with one attached hydrogen (secondary N) is 1. The van der Waals surface area contributed by atoms with Crippen molar-refractivity contribution in [2.24, 2.45) is 0 Å². The molecule has 2 aliphatic rings. The first-order chi connectivity index (χ1) is 13.0. The maximum absolute atomic E-state index is 13.0. The molecule has 0 saturated carbocycles. The van der Waals surface area contributed by atoms with E-state index in [4.69, 9.17) is 0 Å². The van der Waals surface area contributed by atoms with Crippen LogP contribution in [0.25, 0.3) is 0 Å². The molecule has 3 rings (SSSR count). The van der Waals surface area contributed by atoms with Gasteiger partial charge < -0.3 is 15.1 Å². The number of amides is 3. The zero-order valence-corrected chi connectivity index (χ0v) is 16.8. The molecule has 3 amide bonds. The summed E-state index contributed by atoms with van der Waals surface area (Å²) in [5, 5.41) is 4.78. The molecule has 0 spiro atoms. The highest BCUT2D eigenvalue weighted by Gasteiger charge is 2.38. The molecule has 2 aliphatic heterocycles. The molecule has 27 heavy (non-hydrogen) atoms. The Labute approximate surface area is 164 Å². The molecule has 7 nitrogen and oxygen atoms in total. The second-order valence-electron chi connectivity index (χ2n) is 7.46. The van der Waals surface area contributed by atoms with E-state index in [1.165, 1.54) is 11.3 Å². The van der Waals surface area contributed by atoms with Gasteiger partial charge in [0.05, 0.1) is 11.4 Å². The largest absolute Gasteiger partial charge is 0.353 e. The molecule has 1 aromatic heterocycles. The Balaban J connectivity index is 1.52. The number of thiophene rings is 1. The average molecular weight is 393 g/mol. The van der Waals surface area contributed by atoms with E-state index >= 15 is 0 Å². The molecule has 1 atom stereocenters. The van der Waals surface area contributed by atoms with E-state index in [1.807, 2.05) is 36.3 Å². The van der Waals surface area contributed by atoms with E-state index < -0.39 is 0 Å². The molecular formula is C19H28N4O3S. The van der Waals surface area contributed by atoms with Gasteiger partial charge in [0, 0.05) is 38.8 Å². The van der Waals surface area contributed by atoms with Crippen LogP contribution in [-0.2, 0) is 9.59 Å². The minimum Gasteiger partial charge on any atom is -0.353 e. The van der Waals surface area contributed by atoms with Gasteiger partial charge in [-0.3, -0.25) is 19.3 Å².